The molecule has 2 rings (SSSR count). The van der Waals surface area contributed by atoms with Crippen LogP contribution in [0, 0.1) is 0 Å². The van der Waals surface area contributed by atoms with E-state index in [2.05, 4.69) is 5.32 Å². The summed E-state index contributed by atoms with van der Waals surface area (Å²) in [5, 5.41) is 38.6. The Morgan fingerprint density at radius 2 is 1.61 bits per heavy atom. The second kappa shape index (κ2) is 13.6. The number of carboxylic acids is 2. The number of carbonyl (C=O) groups is 2. The van der Waals surface area contributed by atoms with Crippen LogP contribution in [0.2, 0.25) is 0 Å². The van der Waals surface area contributed by atoms with Crippen LogP contribution in [0.1, 0.15) is 17.2 Å². The minimum atomic E-state index is -1.26. The minimum absolute atomic E-state index is 0.113. The van der Waals surface area contributed by atoms with Gasteiger partial charge in [-0.2, -0.15) is 0 Å². The number of carboxylic acid groups (broad SMARTS) is 2. The fraction of sp³-hybridized carbons (Fsp3) is 0.273. The number of rotatable bonds is 10. The molecule has 0 aliphatic heterocycles. The average molecular weight is 433 g/mol. The summed E-state index contributed by atoms with van der Waals surface area (Å²) in [5.74, 6) is -0.986. The van der Waals surface area contributed by atoms with Crippen molar-refractivity contribution in [3.63, 3.8) is 0 Å². The highest BCUT2D eigenvalue weighted by Crippen LogP contribution is 2.27. The summed E-state index contributed by atoms with van der Waals surface area (Å²) in [6.45, 7) is 1.09. The molecule has 31 heavy (non-hydrogen) atoms. The van der Waals surface area contributed by atoms with Gasteiger partial charge in [0.1, 0.15) is 5.75 Å². The molecular weight excluding hydrogens is 406 g/mol. The van der Waals surface area contributed by atoms with Gasteiger partial charge in [-0.15, -0.1) is 0 Å². The number of methoxy groups -OCH3 is 2. The zero-order valence-electron chi connectivity index (χ0n) is 17.3. The highest BCUT2D eigenvalue weighted by Gasteiger charge is 2.11. The number of aliphatic hydroxyl groups is 1. The SMILES string of the molecule is COc1ccc(CCNCC(O)c2ccccc2O)cc1OC.O=C(O)C=CC(=O)O. The number of benzene rings is 2. The van der Waals surface area contributed by atoms with Crippen LogP contribution in [0.25, 0.3) is 0 Å². The van der Waals surface area contributed by atoms with Crippen molar-refractivity contribution in [2.24, 2.45) is 0 Å². The number of nitrogens with one attached hydrogen (secondary N) is 1. The van der Waals surface area contributed by atoms with E-state index in [-0.39, 0.29) is 5.75 Å². The lowest BCUT2D eigenvalue weighted by molar-refractivity contribution is -0.134. The molecule has 9 heteroatoms. The smallest absolute Gasteiger partial charge is 0.328 e. The van der Waals surface area contributed by atoms with Crippen molar-refractivity contribution in [2.75, 3.05) is 27.3 Å². The number of phenolic OH excluding ortho intramolecular Hbond substituents is 1. The van der Waals surface area contributed by atoms with Crippen molar-refractivity contribution in [3.8, 4) is 17.2 Å². The number of phenols is 1. The van der Waals surface area contributed by atoms with E-state index in [1.54, 1.807) is 38.5 Å². The Morgan fingerprint density at radius 3 is 2.16 bits per heavy atom. The summed E-state index contributed by atoms with van der Waals surface area (Å²) in [6, 6.07) is 12.6. The van der Waals surface area contributed by atoms with Gasteiger partial charge in [-0.1, -0.05) is 24.3 Å². The molecule has 0 saturated carbocycles. The summed E-state index contributed by atoms with van der Waals surface area (Å²) in [7, 11) is 3.22. The van der Waals surface area contributed by atoms with Gasteiger partial charge in [-0.3, -0.25) is 0 Å². The molecule has 2 aromatic carbocycles. The lowest BCUT2D eigenvalue weighted by Crippen LogP contribution is -2.23. The molecule has 168 valence electrons. The molecule has 0 heterocycles. The van der Waals surface area contributed by atoms with Crippen LogP contribution < -0.4 is 14.8 Å². The number of aliphatic hydroxyl groups excluding tert-OH is 1. The first kappa shape index (κ1) is 25.5. The molecule has 0 aromatic heterocycles. The Kier molecular flexibility index (Phi) is 11.2. The zero-order chi connectivity index (χ0) is 23.2. The van der Waals surface area contributed by atoms with Gasteiger partial charge in [-0.05, 0) is 36.7 Å². The third-order valence-corrected chi connectivity index (χ3v) is 4.04. The van der Waals surface area contributed by atoms with Crippen LogP contribution >= 0.6 is 0 Å². The number of aromatic hydroxyl groups is 1. The molecule has 2 aromatic rings. The monoisotopic (exact) mass is 433 g/mol. The maximum atomic E-state index is 10.1. The molecule has 0 spiro atoms. The molecule has 0 aliphatic rings. The van der Waals surface area contributed by atoms with Crippen LogP contribution in [-0.4, -0.2) is 59.7 Å². The molecule has 5 N–H and O–H groups in total. The zero-order valence-corrected chi connectivity index (χ0v) is 17.3. The van der Waals surface area contributed by atoms with Gasteiger partial charge in [0.25, 0.3) is 0 Å². The van der Waals surface area contributed by atoms with Crippen molar-refractivity contribution >= 4 is 11.9 Å². The van der Waals surface area contributed by atoms with E-state index < -0.39 is 18.0 Å². The molecule has 0 radical (unpaired) electrons. The summed E-state index contributed by atoms with van der Waals surface area (Å²) < 4.78 is 10.5. The highest BCUT2D eigenvalue weighted by molar-refractivity contribution is 5.89. The second-order valence-electron chi connectivity index (χ2n) is 6.23. The van der Waals surface area contributed by atoms with Gasteiger partial charge in [0.05, 0.1) is 20.3 Å². The lowest BCUT2D eigenvalue weighted by Gasteiger charge is -2.14. The van der Waals surface area contributed by atoms with E-state index in [1.165, 1.54) is 0 Å². The maximum absolute atomic E-state index is 10.1. The summed E-state index contributed by atoms with van der Waals surface area (Å²) >= 11 is 0. The third kappa shape index (κ3) is 9.66. The Bertz CT molecular complexity index is 866. The van der Waals surface area contributed by atoms with Crippen molar-refractivity contribution in [1.29, 1.82) is 0 Å². The van der Waals surface area contributed by atoms with Crippen molar-refractivity contribution in [2.45, 2.75) is 12.5 Å². The Morgan fingerprint density at radius 1 is 1.00 bits per heavy atom. The van der Waals surface area contributed by atoms with Gasteiger partial charge >= 0.3 is 11.9 Å². The second-order valence-corrected chi connectivity index (χ2v) is 6.23. The Hall–Kier alpha value is -3.56. The summed E-state index contributed by atoms with van der Waals surface area (Å²) in [5.41, 5.74) is 1.65. The van der Waals surface area contributed by atoms with E-state index in [4.69, 9.17) is 19.7 Å². The topological polar surface area (TPSA) is 146 Å². The van der Waals surface area contributed by atoms with Gasteiger partial charge in [-0.25, -0.2) is 9.59 Å². The summed E-state index contributed by atoms with van der Waals surface area (Å²) in [6.07, 6.45) is 1.18. The first-order valence-corrected chi connectivity index (χ1v) is 9.30. The van der Waals surface area contributed by atoms with E-state index in [0.717, 1.165) is 12.0 Å². The molecule has 0 aliphatic carbocycles. The molecule has 1 atom stereocenters. The van der Waals surface area contributed by atoms with Gasteiger partial charge in [0.2, 0.25) is 0 Å². The van der Waals surface area contributed by atoms with Crippen molar-refractivity contribution in [3.05, 3.63) is 65.7 Å². The summed E-state index contributed by atoms with van der Waals surface area (Å²) in [4.78, 5) is 19.1. The quantitative estimate of drug-likeness (QED) is 0.280. The van der Waals surface area contributed by atoms with Crippen LogP contribution in [0.5, 0.6) is 17.2 Å². The molecule has 0 bridgehead atoms. The molecule has 9 nitrogen and oxygen atoms in total. The molecule has 1 unspecified atom stereocenters. The molecule has 0 amide bonds. The fourth-order valence-corrected chi connectivity index (χ4v) is 2.53. The van der Waals surface area contributed by atoms with Crippen molar-refractivity contribution < 1.29 is 39.5 Å². The van der Waals surface area contributed by atoms with E-state index in [9.17, 15) is 19.8 Å². The number of para-hydroxylation sites is 1. The number of hydrogen-bond donors (Lipinski definition) is 5. The largest absolute Gasteiger partial charge is 0.508 e. The van der Waals surface area contributed by atoms with Crippen LogP contribution in [0.3, 0.4) is 0 Å². The van der Waals surface area contributed by atoms with Crippen LogP contribution in [0.4, 0.5) is 0 Å². The first-order chi connectivity index (χ1) is 14.8. The van der Waals surface area contributed by atoms with Crippen LogP contribution in [0.15, 0.2) is 54.6 Å². The predicted octanol–water partition coefficient (Wildman–Crippen LogP) is 1.99. The average Bonchev–Trinajstić information content (AvgIpc) is 2.75. The van der Waals surface area contributed by atoms with Gasteiger partial charge in [0, 0.05) is 24.3 Å². The Labute approximate surface area is 180 Å². The first-order valence-electron chi connectivity index (χ1n) is 9.30. The number of hydrogen-bond acceptors (Lipinski definition) is 7. The number of ether oxygens (including phenoxy) is 2. The van der Waals surface area contributed by atoms with E-state index in [0.29, 0.717) is 42.3 Å². The number of aliphatic carboxylic acids is 2. The standard InChI is InChI=1S/C18H23NO4.C4H4O4/c1-22-17-8-7-13(11-18(17)23-2)9-10-19-12-16(21)14-5-3-4-6-15(14)20;5-3(6)1-2-4(7)8/h3-8,11,16,19-21H,9-10,12H2,1-2H3;1-2H,(H,5,6)(H,7,8). The Balaban J connectivity index is 0.000000512. The third-order valence-electron chi connectivity index (χ3n) is 4.04. The minimum Gasteiger partial charge on any atom is -0.508 e. The fourth-order valence-electron chi connectivity index (χ4n) is 2.53. The maximum Gasteiger partial charge on any atom is 0.328 e. The van der Waals surface area contributed by atoms with Crippen molar-refractivity contribution in [1.82, 2.24) is 5.32 Å². The molecule has 0 saturated heterocycles. The van der Waals surface area contributed by atoms with Gasteiger partial charge < -0.3 is 35.2 Å². The normalized spacial score (nSPS) is 11.3. The lowest BCUT2D eigenvalue weighted by atomic mass is 10.1. The molecule has 0 fully saturated rings. The molecular formula is C22H27NO8. The van der Waals surface area contributed by atoms with Gasteiger partial charge in [0.15, 0.2) is 11.5 Å². The van der Waals surface area contributed by atoms with E-state index in [1.807, 2.05) is 18.2 Å². The predicted molar refractivity (Wildman–Crippen MR) is 114 cm³/mol. The van der Waals surface area contributed by atoms with Crippen LogP contribution in [-0.2, 0) is 16.0 Å². The highest BCUT2D eigenvalue weighted by atomic mass is 16.5. The van der Waals surface area contributed by atoms with E-state index >= 15 is 0 Å².